The molecule has 1 saturated heterocycles. The number of hydrogen-bond donors (Lipinski definition) is 3. The highest BCUT2D eigenvalue weighted by molar-refractivity contribution is 5.89. The first-order chi connectivity index (χ1) is 19.4. The lowest BCUT2D eigenvalue weighted by atomic mass is 9.83. The summed E-state index contributed by atoms with van der Waals surface area (Å²) < 4.78 is 17.8. The molecule has 2 unspecified atom stereocenters. The largest absolute Gasteiger partial charge is 0.493 e. The maximum absolute atomic E-state index is 10.9. The van der Waals surface area contributed by atoms with Crippen molar-refractivity contribution in [3.8, 4) is 11.5 Å². The number of methoxy groups -OCH3 is 2. The lowest BCUT2D eigenvalue weighted by Crippen LogP contribution is -2.43. The second-order valence-corrected chi connectivity index (χ2v) is 9.69. The number of piperidine rings is 1. The third kappa shape index (κ3) is 8.82. The number of carbonyl (C=O) groups is 3. The van der Waals surface area contributed by atoms with Crippen LogP contribution in [-0.4, -0.2) is 80.0 Å². The van der Waals surface area contributed by atoms with Crippen molar-refractivity contribution in [2.45, 2.75) is 37.9 Å². The van der Waals surface area contributed by atoms with E-state index in [0.29, 0.717) is 24.6 Å². The molecule has 2 aliphatic rings. The fraction of sp³-hybridized carbons (Fsp3) is 0.433. The number of rotatable bonds is 11. The molecule has 0 aliphatic carbocycles. The lowest BCUT2D eigenvalue weighted by molar-refractivity contribution is -0.134. The first-order valence-corrected chi connectivity index (χ1v) is 13.3. The molecule has 2 aromatic rings. The standard InChI is InChI=1S/C26H34N2O4.C4H4O4/c1-30-23-9-8-21-22(26(23)31-2)16-24(32-25(21)17-27-18-29)20-11-14-28(15-12-20)13-10-19-6-4-3-5-7-19;5-3(6)1-2-4(7)8/h3-9,18,20,24-25H,10-17H2,1-2H3,(H,27,29);1-2H,(H,5,6)(H,7,8). The van der Waals surface area contributed by atoms with E-state index >= 15 is 0 Å². The summed E-state index contributed by atoms with van der Waals surface area (Å²) >= 11 is 0. The predicted molar refractivity (Wildman–Crippen MR) is 149 cm³/mol. The number of carboxylic acid groups (broad SMARTS) is 2. The van der Waals surface area contributed by atoms with Crippen molar-refractivity contribution >= 4 is 18.3 Å². The smallest absolute Gasteiger partial charge is 0.328 e. The maximum Gasteiger partial charge on any atom is 0.328 e. The van der Waals surface area contributed by atoms with Gasteiger partial charge in [-0.1, -0.05) is 36.4 Å². The van der Waals surface area contributed by atoms with Crippen molar-refractivity contribution in [1.29, 1.82) is 0 Å². The third-order valence-corrected chi connectivity index (χ3v) is 7.25. The van der Waals surface area contributed by atoms with Crippen LogP contribution in [0.1, 0.15) is 35.6 Å². The Bertz CT molecular complexity index is 1130. The summed E-state index contributed by atoms with van der Waals surface area (Å²) in [6.45, 7) is 3.74. The van der Waals surface area contributed by atoms with Gasteiger partial charge in [0.25, 0.3) is 0 Å². The van der Waals surface area contributed by atoms with Gasteiger partial charge in [0.15, 0.2) is 11.5 Å². The minimum Gasteiger partial charge on any atom is -0.493 e. The highest BCUT2D eigenvalue weighted by Crippen LogP contribution is 2.43. The fourth-order valence-corrected chi connectivity index (χ4v) is 5.27. The minimum atomic E-state index is -1.26. The van der Waals surface area contributed by atoms with Crippen molar-refractivity contribution in [3.05, 3.63) is 71.3 Å². The summed E-state index contributed by atoms with van der Waals surface area (Å²) in [5.74, 6) is -0.495. The lowest BCUT2D eigenvalue weighted by Gasteiger charge is -2.41. The minimum absolute atomic E-state index is 0.109. The SMILES string of the molecule is COc1ccc2c(c1OC)CC(C1CCN(CCc3ccccc3)CC1)OC2CNC=O.O=C(O)C=CC(=O)O. The Morgan fingerprint density at radius 2 is 1.70 bits per heavy atom. The van der Waals surface area contributed by atoms with Gasteiger partial charge < -0.3 is 34.6 Å². The Hall–Kier alpha value is -3.89. The number of likely N-dealkylation sites (tertiary alicyclic amines) is 1. The summed E-state index contributed by atoms with van der Waals surface area (Å²) in [6, 6.07) is 14.7. The molecule has 0 aromatic heterocycles. The highest BCUT2D eigenvalue weighted by Gasteiger charge is 2.36. The van der Waals surface area contributed by atoms with Gasteiger partial charge in [-0.3, -0.25) is 4.79 Å². The molecule has 0 radical (unpaired) electrons. The number of carboxylic acids is 2. The third-order valence-electron chi connectivity index (χ3n) is 7.25. The Balaban J connectivity index is 0.000000482. The molecular weight excluding hydrogens is 516 g/mol. The van der Waals surface area contributed by atoms with E-state index in [1.165, 1.54) is 5.56 Å². The first kappa shape index (κ1) is 30.6. The number of aliphatic carboxylic acids is 2. The monoisotopic (exact) mass is 554 g/mol. The number of nitrogens with one attached hydrogen (secondary N) is 1. The van der Waals surface area contributed by atoms with Gasteiger partial charge in [-0.2, -0.15) is 0 Å². The summed E-state index contributed by atoms with van der Waals surface area (Å²) in [4.78, 5) is 32.6. The molecule has 2 aromatic carbocycles. The number of carbonyl (C=O) groups excluding carboxylic acids is 1. The van der Waals surface area contributed by atoms with Crippen LogP contribution >= 0.6 is 0 Å². The van der Waals surface area contributed by atoms with Gasteiger partial charge in [-0.15, -0.1) is 0 Å². The van der Waals surface area contributed by atoms with Crippen LogP contribution in [0.4, 0.5) is 0 Å². The number of ether oxygens (including phenoxy) is 3. The summed E-state index contributed by atoms with van der Waals surface area (Å²) in [6.07, 6.45) is 5.92. The molecule has 1 fully saturated rings. The molecule has 4 rings (SSSR count). The van der Waals surface area contributed by atoms with Crippen LogP contribution in [0.3, 0.4) is 0 Å². The van der Waals surface area contributed by atoms with Gasteiger partial charge in [0.1, 0.15) is 6.10 Å². The highest BCUT2D eigenvalue weighted by atomic mass is 16.5. The topological polar surface area (TPSA) is 135 Å². The van der Waals surface area contributed by atoms with Gasteiger partial charge in [0, 0.05) is 37.2 Å². The van der Waals surface area contributed by atoms with Crippen LogP contribution < -0.4 is 14.8 Å². The molecule has 0 bridgehead atoms. The van der Waals surface area contributed by atoms with E-state index in [2.05, 4.69) is 40.5 Å². The average molecular weight is 555 g/mol. The molecule has 3 N–H and O–H groups in total. The van der Waals surface area contributed by atoms with Gasteiger partial charge in [-0.25, -0.2) is 9.59 Å². The zero-order chi connectivity index (χ0) is 28.9. The molecule has 40 heavy (non-hydrogen) atoms. The molecule has 10 heteroatoms. The van der Waals surface area contributed by atoms with Crippen molar-refractivity contribution in [2.75, 3.05) is 40.4 Å². The van der Waals surface area contributed by atoms with Crippen LogP contribution in [0.15, 0.2) is 54.6 Å². The van der Waals surface area contributed by atoms with E-state index in [0.717, 1.165) is 74.4 Å². The molecule has 10 nitrogen and oxygen atoms in total. The molecule has 0 saturated carbocycles. The maximum atomic E-state index is 10.9. The van der Waals surface area contributed by atoms with E-state index in [9.17, 15) is 14.4 Å². The van der Waals surface area contributed by atoms with E-state index in [1.807, 2.05) is 12.1 Å². The fourth-order valence-electron chi connectivity index (χ4n) is 5.27. The summed E-state index contributed by atoms with van der Waals surface area (Å²) in [7, 11) is 3.35. The first-order valence-electron chi connectivity index (χ1n) is 13.3. The van der Waals surface area contributed by atoms with Crippen molar-refractivity contribution in [1.82, 2.24) is 10.2 Å². The Morgan fingerprint density at radius 3 is 2.27 bits per heavy atom. The van der Waals surface area contributed by atoms with Crippen LogP contribution in [0, 0.1) is 5.92 Å². The van der Waals surface area contributed by atoms with Crippen LogP contribution in [-0.2, 0) is 32.0 Å². The molecule has 216 valence electrons. The van der Waals surface area contributed by atoms with Crippen LogP contribution in [0.25, 0.3) is 0 Å². The summed E-state index contributed by atoms with van der Waals surface area (Å²) in [5.41, 5.74) is 3.62. The van der Waals surface area contributed by atoms with Crippen molar-refractivity contribution in [3.63, 3.8) is 0 Å². The number of fused-ring (bicyclic) bond motifs is 1. The molecular formula is C30H38N2O8. The molecule has 2 aliphatic heterocycles. The van der Waals surface area contributed by atoms with Gasteiger partial charge in [0.2, 0.25) is 6.41 Å². The summed E-state index contributed by atoms with van der Waals surface area (Å²) in [5, 5.41) is 18.4. The Morgan fingerprint density at radius 1 is 1.02 bits per heavy atom. The second kappa shape index (κ2) is 15.6. The molecule has 0 spiro atoms. The second-order valence-electron chi connectivity index (χ2n) is 9.69. The number of hydrogen-bond acceptors (Lipinski definition) is 7. The van der Waals surface area contributed by atoms with Crippen LogP contribution in [0.2, 0.25) is 0 Å². The number of benzene rings is 2. The van der Waals surface area contributed by atoms with E-state index in [-0.39, 0.29) is 12.2 Å². The van der Waals surface area contributed by atoms with E-state index in [4.69, 9.17) is 24.4 Å². The molecule has 2 atom stereocenters. The average Bonchev–Trinajstić information content (AvgIpc) is 2.98. The van der Waals surface area contributed by atoms with E-state index in [1.54, 1.807) is 14.2 Å². The van der Waals surface area contributed by atoms with Gasteiger partial charge >= 0.3 is 11.9 Å². The Kier molecular flexibility index (Phi) is 12.0. The molecule has 1 amide bonds. The quantitative estimate of drug-likeness (QED) is 0.283. The zero-order valence-electron chi connectivity index (χ0n) is 23.0. The Labute approximate surface area is 234 Å². The normalized spacial score (nSPS) is 19.1. The molecule has 2 heterocycles. The van der Waals surface area contributed by atoms with Gasteiger partial charge in [0.05, 0.1) is 20.3 Å². The number of nitrogens with zero attached hydrogens (tertiary/aromatic N) is 1. The predicted octanol–water partition coefficient (Wildman–Crippen LogP) is 3.10. The van der Waals surface area contributed by atoms with Crippen LogP contribution in [0.5, 0.6) is 11.5 Å². The van der Waals surface area contributed by atoms with Crippen molar-refractivity contribution in [2.24, 2.45) is 5.92 Å². The zero-order valence-corrected chi connectivity index (χ0v) is 23.0. The van der Waals surface area contributed by atoms with Gasteiger partial charge in [-0.05, 0) is 55.5 Å². The van der Waals surface area contributed by atoms with E-state index < -0.39 is 11.9 Å². The number of amides is 1. The van der Waals surface area contributed by atoms with Crippen molar-refractivity contribution < 1.29 is 38.8 Å².